The molecule has 0 bridgehead atoms. The Morgan fingerprint density at radius 1 is 1.43 bits per heavy atom. The molecule has 0 aromatic rings. The van der Waals surface area contributed by atoms with E-state index in [4.69, 9.17) is 5.26 Å². The molecule has 14 heavy (non-hydrogen) atoms. The maximum Gasteiger partial charge on any atom is 0.257 e. The molecule has 0 N–H and O–H groups in total. The van der Waals surface area contributed by atoms with Gasteiger partial charge in [0.05, 0.1) is 12.6 Å². The first kappa shape index (κ1) is 11.4. The second kappa shape index (κ2) is 4.70. The van der Waals surface area contributed by atoms with Crippen molar-refractivity contribution >= 4 is 0 Å². The predicted octanol–water partition coefficient (Wildman–Crippen LogP) is 2.27. The second-order valence-electron chi connectivity index (χ2n) is 4.10. The molecule has 0 aliphatic carbocycles. The monoisotopic (exact) mass is 202 g/mol. The lowest BCUT2D eigenvalue weighted by molar-refractivity contribution is -0.0136. The molecule has 1 rings (SSSR count). The average molecular weight is 202 g/mol. The highest BCUT2D eigenvalue weighted by Crippen LogP contribution is 2.20. The SMILES string of the molecule is CC(F)(F)CN1CCCC(C#N)CC1. The molecule has 0 radical (unpaired) electrons. The van der Waals surface area contributed by atoms with Gasteiger partial charge >= 0.3 is 0 Å². The highest BCUT2D eigenvalue weighted by molar-refractivity contribution is 4.86. The van der Waals surface area contributed by atoms with Crippen molar-refractivity contribution in [1.29, 1.82) is 5.26 Å². The Morgan fingerprint density at radius 2 is 2.14 bits per heavy atom. The third-order valence-electron chi connectivity index (χ3n) is 2.50. The highest BCUT2D eigenvalue weighted by atomic mass is 19.3. The van der Waals surface area contributed by atoms with Gasteiger partial charge < -0.3 is 0 Å². The van der Waals surface area contributed by atoms with Crippen LogP contribution in [0.3, 0.4) is 0 Å². The normalized spacial score (nSPS) is 25.4. The number of nitriles is 1. The molecule has 1 saturated heterocycles. The lowest BCUT2D eigenvalue weighted by Gasteiger charge is -2.23. The smallest absolute Gasteiger partial charge is 0.257 e. The summed E-state index contributed by atoms with van der Waals surface area (Å²) >= 11 is 0. The zero-order valence-corrected chi connectivity index (χ0v) is 8.47. The van der Waals surface area contributed by atoms with E-state index in [2.05, 4.69) is 6.07 Å². The average Bonchev–Trinajstić information content (AvgIpc) is 2.27. The first-order chi connectivity index (χ1) is 6.51. The molecule has 1 heterocycles. The van der Waals surface area contributed by atoms with Gasteiger partial charge in [0.2, 0.25) is 0 Å². The van der Waals surface area contributed by atoms with Crippen LogP contribution in [0.4, 0.5) is 8.78 Å². The van der Waals surface area contributed by atoms with Gasteiger partial charge in [0, 0.05) is 12.8 Å². The first-order valence-corrected chi connectivity index (χ1v) is 5.01. The van der Waals surface area contributed by atoms with Crippen LogP contribution in [-0.2, 0) is 0 Å². The van der Waals surface area contributed by atoms with E-state index in [-0.39, 0.29) is 12.5 Å². The maximum absolute atomic E-state index is 12.7. The Kier molecular flexibility index (Phi) is 3.82. The van der Waals surface area contributed by atoms with Crippen LogP contribution < -0.4 is 0 Å². The molecular formula is C10H16F2N2. The van der Waals surface area contributed by atoms with Crippen molar-refractivity contribution in [2.24, 2.45) is 5.92 Å². The molecule has 1 fully saturated rings. The minimum atomic E-state index is -2.62. The number of nitrogens with zero attached hydrogens (tertiary/aromatic N) is 2. The van der Waals surface area contributed by atoms with Gasteiger partial charge in [0.25, 0.3) is 5.92 Å². The van der Waals surface area contributed by atoms with Crippen molar-refractivity contribution in [1.82, 2.24) is 4.90 Å². The van der Waals surface area contributed by atoms with E-state index in [1.54, 1.807) is 4.90 Å². The van der Waals surface area contributed by atoms with Gasteiger partial charge in [0.15, 0.2) is 0 Å². The van der Waals surface area contributed by atoms with Gasteiger partial charge in [-0.05, 0) is 32.4 Å². The van der Waals surface area contributed by atoms with Crippen molar-refractivity contribution in [2.45, 2.75) is 32.1 Å². The van der Waals surface area contributed by atoms with Crippen molar-refractivity contribution in [3.63, 3.8) is 0 Å². The van der Waals surface area contributed by atoms with E-state index in [0.29, 0.717) is 13.1 Å². The fourth-order valence-corrected chi connectivity index (χ4v) is 1.84. The number of halogens is 2. The Bertz CT molecular complexity index is 217. The zero-order chi connectivity index (χ0) is 10.6. The summed E-state index contributed by atoms with van der Waals surface area (Å²) in [6, 6.07) is 2.21. The molecule has 1 atom stereocenters. The van der Waals surface area contributed by atoms with Crippen LogP contribution in [0.5, 0.6) is 0 Å². The number of hydrogen-bond donors (Lipinski definition) is 0. The van der Waals surface area contributed by atoms with Gasteiger partial charge in [-0.25, -0.2) is 8.78 Å². The number of hydrogen-bond acceptors (Lipinski definition) is 2. The molecule has 2 nitrogen and oxygen atoms in total. The molecule has 1 aliphatic heterocycles. The lowest BCUT2D eigenvalue weighted by atomic mass is 10.0. The summed E-state index contributed by atoms with van der Waals surface area (Å²) in [4.78, 5) is 1.76. The van der Waals surface area contributed by atoms with E-state index >= 15 is 0 Å². The Morgan fingerprint density at radius 3 is 2.71 bits per heavy atom. The lowest BCUT2D eigenvalue weighted by Crippen LogP contribution is -2.35. The van der Waals surface area contributed by atoms with Crippen LogP contribution in [0.2, 0.25) is 0 Å². The third-order valence-corrected chi connectivity index (χ3v) is 2.50. The molecular weight excluding hydrogens is 186 g/mol. The summed E-state index contributed by atoms with van der Waals surface area (Å²) in [5, 5.41) is 8.72. The maximum atomic E-state index is 12.7. The first-order valence-electron chi connectivity index (χ1n) is 5.01. The summed E-state index contributed by atoms with van der Waals surface area (Å²) < 4.78 is 25.4. The van der Waals surface area contributed by atoms with Crippen LogP contribution in [-0.4, -0.2) is 30.5 Å². The summed E-state index contributed by atoms with van der Waals surface area (Å²) in [6.45, 7) is 2.09. The summed E-state index contributed by atoms with van der Waals surface area (Å²) in [5.74, 6) is -2.56. The van der Waals surface area contributed by atoms with E-state index in [0.717, 1.165) is 26.2 Å². The van der Waals surface area contributed by atoms with E-state index < -0.39 is 5.92 Å². The van der Waals surface area contributed by atoms with Crippen molar-refractivity contribution in [3.8, 4) is 6.07 Å². The van der Waals surface area contributed by atoms with Crippen molar-refractivity contribution < 1.29 is 8.78 Å². The molecule has 1 unspecified atom stereocenters. The highest BCUT2D eigenvalue weighted by Gasteiger charge is 2.26. The summed E-state index contributed by atoms with van der Waals surface area (Å²) in [6.07, 6.45) is 2.43. The largest absolute Gasteiger partial charge is 0.297 e. The molecule has 1 aliphatic rings. The second-order valence-corrected chi connectivity index (χ2v) is 4.10. The van der Waals surface area contributed by atoms with E-state index in [9.17, 15) is 8.78 Å². The van der Waals surface area contributed by atoms with Crippen LogP contribution in [0, 0.1) is 17.2 Å². The fraction of sp³-hybridized carbons (Fsp3) is 0.900. The van der Waals surface area contributed by atoms with Gasteiger partial charge in [-0.1, -0.05) is 0 Å². The van der Waals surface area contributed by atoms with E-state index in [1.807, 2.05) is 0 Å². The van der Waals surface area contributed by atoms with Gasteiger partial charge in [-0.2, -0.15) is 5.26 Å². The van der Waals surface area contributed by atoms with Crippen LogP contribution in [0.15, 0.2) is 0 Å². The summed E-state index contributed by atoms with van der Waals surface area (Å²) in [5.41, 5.74) is 0. The number of likely N-dealkylation sites (tertiary alicyclic amines) is 1. The Balaban J connectivity index is 2.39. The van der Waals surface area contributed by atoms with Crippen molar-refractivity contribution in [3.05, 3.63) is 0 Å². The topological polar surface area (TPSA) is 27.0 Å². The molecule has 0 saturated carbocycles. The molecule has 0 aromatic carbocycles. The Labute approximate surface area is 83.5 Å². The van der Waals surface area contributed by atoms with Gasteiger partial charge in [-0.3, -0.25) is 4.90 Å². The minimum Gasteiger partial charge on any atom is -0.297 e. The van der Waals surface area contributed by atoms with Gasteiger partial charge in [0.1, 0.15) is 0 Å². The molecule has 80 valence electrons. The molecule has 4 heteroatoms. The number of rotatable bonds is 2. The fourth-order valence-electron chi connectivity index (χ4n) is 1.84. The van der Waals surface area contributed by atoms with Gasteiger partial charge in [-0.15, -0.1) is 0 Å². The summed E-state index contributed by atoms with van der Waals surface area (Å²) in [7, 11) is 0. The van der Waals surface area contributed by atoms with Crippen LogP contribution in [0.1, 0.15) is 26.2 Å². The standard InChI is InChI=1S/C10H16F2N2/c1-10(11,12)8-14-5-2-3-9(7-13)4-6-14/h9H,2-6,8H2,1H3. The zero-order valence-electron chi connectivity index (χ0n) is 8.47. The Hall–Kier alpha value is -0.690. The quantitative estimate of drug-likeness (QED) is 0.686. The van der Waals surface area contributed by atoms with Crippen LogP contribution >= 0.6 is 0 Å². The molecule has 0 spiro atoms. The number of alkyl halides is 2. The molecule has 0 amide bonds. The third kappa shape index (κ3) is 4.01. The minimum absolute atomic E-state index is 0.0606. The predicted molar refractivity (Wildman–Crippen MR) is 50.0 cm³/mol. The van der Waals surface area contributed by atoms with Crippen LogP contribution in [0.25, 0.3) is 0 Å². The molecule has 0 aromatic heterocycles. The van der Waals surface area contributed by atoms with Crippen molar-refractivity contribution in [2.75, 3.05) is 19.6 Å². The van der Waals surface area contributed by atoms with E-state index in [1.165, 1.54) is 0 Å².